The minimum absolute atomic E-state index is 0.0189. The molecule has 0 saturated heterocycles. The quantitative estimate of drug-likeness (QED) is 0.144. The Balaban J connectivity index is 1.43. The number of aliphatic imine (C=N–C) groups is 1. The number of aromatic amines is 1. The van der Waals surface area contributed by atoms with Gasteiger partial charge in [0.1, 0.15) is 5.56 Å². The number of fused-ring (bicyclic) bond motifs is 4. The number of nitrogens with one attached hydrogen (secondary N) is 1. The Labute approximate surface area is 317 Å². The van der Waals surface area contributed by atoms with Crippen LogP contribution in [0.4, 0.5) is 0 Å². The molecule has 55 heavy (non-hydrogen) atoms. The van der Waals surface area contributed by atoms with Crippen LogP contribution in [-0.2, 0) is 0 Å². The molecule has 0 amide bonds. The predicted molar refractivity (Wildman–Crippen MR) is 219 cm³/mol. The normalized spacial score (nSPS) is 14.7. The number of benzene rings is 4. The molecule has 264 valence electrons. The number of hydrogen-bond acceptors (Lipinski definition) is 4. The van der Waals surface area contributed by atoms with Gasteiger partial charge in [-0.3, -0.25) is 14.5 Å². The molecule has 10 rings (SSSR count). The minimum atomic E-state index is -0.253. The molecule has 3 aliphatic heterocycles. The maximum Gasteiger partial charge on any atom is 0.307 e. The number of rotatable bonds is 5. The Morgan fingerprint density at radius 3 is 1.62 bits per heavy atom. The first kappa shape index (κ1) is 32.5. The highest BCUT2D eigenvalue weighted by molar-refractivity contribution is 6.30. The zero-order valence-corrected chi connectivity index (χ0v) is 30.8. The summed E-state index contributed by atoms with van der Waals surface area (Å²) < 4.78 is 2.10. The number of H-pyrrole nitrogens is 1. The zero-order chi connectivity index (χ0) is 37.5. The first-order valence-corrected chi connectivity index (χ1v) is 18.4. The molecule has 0 spiro atoms. The van der Waals surface area contributed by atoms with Crippen LogP contribution in [0.3, 0.4) is 0 Å². The van der Waals surface area contributed by atoms with Gasteiger partial charge in [-0.15, -0.1) is 0 Å². The predicted octanol–water partition coefficient (Wildman–Crippen LogP) is 8.35. The van der Waals surface area contributed by atoms with E-state index in [9.17, 15) is 10.1 Å². The number of hydrogen-bond donors (Lipinski definition) is 1. The third kappa shape index (κ3) is 5.11. The van der Waals surface area contributed by atoms with Crippen LogP contribution < -0.4 is 16.2 Å². The standard InChI is InChI=1S/C48H35N5O2/c1-27-5-13-31(14-6-27)41-35-21-23-37(49-35)42(32-15-7-28(2)8-16-32)39-25-26-40-44(34-19-11-30(4)12-20-34)45-47(53(54)55)46(51-48(45)52(39)40)43(38-24-22-36(41)50-38)33-17-9-29(3)10-18-33/h5-26,50H,1-4H3. The van der Waals surface area contributed by atoms with Gasteiger partial charge in [0.2, 0.25) is 0 Å². The summed E-state index contributed by atoms with van der Waals surface area (Å²) in [5, 5.41) is 15.2. The van der Waals surface area contributed by atoms with E-state index >= 15 is 0 Å². The van der Waals surface area contributed by atoms with E-state index in [0.717, 1.165) is 94.5 Å². The summed E-state index contributed by atoms with van der Waals surface area (Å²) in [6.07, 6.45) is 4.18. The molecule has 7 aromatic rings. The van der Waals surface area contributed by atoms with Gasteiger partial charge in [-0.2, -0.15) is 0 Å². The smallest absolute Gasteiger partial charge is 0.307 e. The van der Waals surface area contributed by atoms with Crippen molar-refractivity contribution < 1.29 is 4.92 Å². The molecule has 7 heteroatoms. The van der Waals surface area contributed by atoms with Gasteiger partial charge in [0, 0.05) is 33.0 Å². The van der Waals surface area contributed by atoms with Crippen LogP contribution in [0.1, 0.15) is 50.2 Å². The van der Waals surface area contributed by atoms with E-state index in [1.54, 1.807) is 0 Å². The Morgan fingerprint density at radius 2 is 1.05 bits per heavy atom. The van der Waals surface area contributed by atoms with E-state index < -0.39 is 0 Å². The van der Waals surface area contributed by atoms with E-state index in [1.807, 2.05) is 62.4 Å². The minimum Gasteiger partial charge on any atom is -0.354 e. The molecule has 6 bridgehead atoms. The molecule has 7 nitrogen and oxygen atoms in total. The number of nitro groups is 1. The first-order valence-electron chi connectivity index (χ1n) is 18.4. The van der Waals surface area contributed by atoms with E-state index in [0.29, 0.717) is 22.3 Å². The molecular formula is C48H35N5O2. The highest BCUT2D eigenvalue weighted by atomic mass is 16.6. The Bertz CT molecular complexity index is 3100. The summed E-state index contributed by atoms with van der Waals surface area (Å²) in [5.74, 6) is 0. The number of aromatic nitrogens is 2. The van der Waals surface area contributed by atoms with Crippen molar-refractivity contribution in [2.75, 3.05) is 0 Å². The molecule has 0 radical (unpaired) electrons. The van der Waals surface area contributed by atoms with Crippen LogP contribution in [0.15, 0.2) is 155 Å². The maximum atomic E-state index is 13.6. The van der Waals surface area contributed by atoms with E-state index in [2.05, 4.69) is 108 Å². The van der Waals surface area contributed by atoms with Crippen LogP contribution >= 0.6 is 0 Å². The van der Waals surface area contributed by atoms with Crippen molar-refractivity contribution in [1.82, 2.24) is 9.38 Å². The van der Waals surface area contributed by atoms with Gasteiger partial charge < -0.3 is 4.98 Å². The lowest BCUT2D eigenvalue weighted by atomic mass is 9.96. The summed E-state index contributed by atoms with van der Waals surface area (Å²) in [6.45, 7) is 8.24. The van der Waals surface area contributed by atoms with Crippen molar-refractivity contribution in [2.24, 2.45) is 9.98 Å². The SMILES string of the molecule is Cc1ccc(C2=C3C=CC(=N3)C(c3ccc(C)cc3)=c3ccc([nH]3)=C(c3ccc(C)cc3)C3=C([N+](=O)[O-])c4c(-c5ccc(C)cc5)c5ccc2n5c4=N3)cc1. The Kier molecular flexibility index (Phi) is 7.22. The van der Waals surface area contributed by atoms with Crippen molar-refractivity contribution >= 4 is 33.6 Å². The van der Waals surface area contributed by atoms with Gasteiger partial charge in [0.25, 0.3) is 0 Å². The van der Waals surface area contributed by atoms with Crippen molar-refractivity contribution in [3.63, 3.8) is 0 Å². The second-order valence-corrected chi connectivity index (χ2v) is 14.7. The van der Waals surface area contributed by atoms with Crippen LogP contribution in [0.2, 0.25) is 0 Å². The summed E-state index contributed by atoms with van der Waals surface area (Å²) in [7, 11) is 0. The van der Waals surface area contributed by atoms with Crippen LogP contribution in [0, 0.1) is 37.8 Å². The lowest BCUT2D eigenvalue weighted by Gasteiger charge is -2.12. The second kappa shape index (κ2) is 12.2. The molecular weight excluding hydrogens is 679 g/mol. The Hall–Kier alpha value is -7.12. The largest absolute Gasteiger partial charge is 0.354 e. The molecule has 0 fully saturated rings. The van der Waals surface area contributed by atoms with Crippen molar-refractivity contribution in [3.05, 3.63) is 221 Å². The van der Waals surface area contributed by atoms with Gasteiger partial charge in [-0.05, 0) is 86.4 Å². The molecule has 0 aliphatic carbocycles. The number of nitrogens with zero attached hydrogens (tertiary/aromatic N) is 4. The Morgan fingerprint density at radius 1 is 0.545 bits per heavy atom. The molecule has 0 saturated carbocycles. The molecule has 4 aromatic carbocycles. The summed E-state index contributed by atoms with van der Waals surface area (Å²) in [4.78, 5) is 27.8. The zero-order valence-electron chi connectivity index (χ0n) is 30.8. The summed E-state index contributed by atoms with van der Waals surface area (Å²) >= 11 is 0. The average Bonchev–Trinajstić information content (AvgIpc) is 4.02. The lowest BCUT2D eigenvalue weighted by Crippen LogP contribution is -2.20. The average molecular weight is 714 g/mol. The molecule has 6 heterocycles. The van der Waals surface area contributed by atoms with E-state index in [-0.39, 0.29) is 10.6 Å². The summed E-state index contributed by atoms with van der Waals surface area (Å²) in [6, 6.07) is 41.5. The fraction of sp³-hybridized carbons (Fsp3) is 0.0833. The number of allylic oxidation sites excluding steroid dienone is 3. The third-order valence-corrected chi connectivity index (χ3v) is 10.9. The van der Waals surface area contributed by atoms with Gasteiger partial charge >= 0.3 is 5.70 Å². The van der Waals surface area contributed by atoms with Gasteiger partial charge in [0.05, 0.1) is 27.5 Å². The lowest BCUT2D eigenvalue weighted by molar-refractivity contribution is -0.375. The summed E-state index contributed by atoms with van der Waals surface area (Å²) in [5.41, 5.74) is 16.2. The highest BCUT2D eigenvalue weighted by Gasteiger charge is 2.38. The second-order valence-electron chi connectivity index (χ2n) is 14.7. The fourth-order valence-electron chi connectivity index (χ4n) is 8.16. The molecule has 1 N–H and O–H groups in total. The van der Waals surface area contributed by atoms with Gasteiger partial charge in [-0.1, -0.05) is 119 Å². The molecule has 0 unspecified atom stereocenters. The van der Waals surface area contributed by atoms with Gasteiger partial charge in [-0.25, -0.2) is 9.98 Å². The van der Waals surface area contributed by atoms with Crippen LogP contribution in [-0.4, -0.2) is 20.0 Å². The monoisotopic (exact) mass is 713 g/mol. The molecule has 3 aromatic heterocycles. The van der Waals surface area contributed by atoms with Crippen molar-refractivity contribution in [1.29, 1.82) is 0 Å². The third-order valence-electron chi connectivity index (χ3n) is 10.9. The first-order chi connectivity index (χ1) is 26.7. The van der Waals surface area contributed by atoms with Crippen molar-refractivity contribution in [2.45, 2.75) is 27.7 Å². The topological polar surface area (TPSA) is 88.1 Å². The molecule has 0 atom stereocenters. The van der Waals surface area contributed by atoms with E-state index in [1.165, 1.54) is 0 Å². The van der Waals surface area contributed by atoms with Gasteiger partial charge in [0.15, 0.2) is 11.2 Å². The maximum absolute atomic E-state index is 13.6. The molecule has 3 aliphatic rings. The highest BCUT2D eigenvalue weighted by Crippen LogP contribution is 2.42. The number of aryl methyl sites for hydroxylation is 4. The van der Waals surface area contributed by atoms with Crippen LogP contribution in [0.25, 0.3) is 39.1 Å². The van der Waals surface area contributed by atoms with Crippen molar-refractivity contribution in [3.8, 4) is 11.1 Å². The fourth-order valence-corrected chi connectivity index (χ4v) is 8.16. The van der Waals surface area contributed by atoms with E-state index in [4.69, 9.17) is 9.98 Å². The van der Waals surface area contributed by atoms with Crippen LogP contribution in [0.5, 0.6) is 0 Å².